The van der Waals surface area contributed by atoms with E-state index >= 15 is 0 Å². The van der Waals surface area contributed by atoms with Gasteiger partial charge in [-0.25, -0.2) is 5.43 Å². The average Bonchev–Trinajstić information content (AvgIpc) is 3.36. The molecule has 1 amide bonds. The van der Waals surface area contributed by atoms with Gasteiger partial charge >= 0.3 is 0 Å². The molecule has 1 heterocycles. The van der Waals surface area contributed by atoms with Crippen LogP contribution in [0.15, 0.2) is 77.0 Å². The van der Waals surface area contributed by atoms with Crippen molar-refractivity contribution in [3.63, 3.8) is 0 Å². The third kappa shape index (κ3) is 6.28. The van der Waals surface area contributed by atoms with Gasteiger partial charge < -0.3 is 14.2 Å². The topological polar surface area (TPSA) is 99.9 Å². The molecule has 0 aliphatic rings. The first-order valence-corrected chi connectivity index (χ1v) is 12.3. The second-order valence-electron chi connectivity index (χ2n) is 7.90. The molecule has 4 aromatic rings. The van der Waals surface area contributed by atoms with E-state index in [0.717, 1.165) is 28.1 Å². The highest BCUT2D eigenvalue weighted by molar-refractivity contribution is 7.99. The quantitative estimate of drug-likeness (QED) is 0.188. The highest BCUT2D eigenvalue weighted by Gasteiger charge is 2.17. The first-order chi connectivity index (χ1) is 18.0. The molecule has 1 N–H and O–H groups in total. The van der Waals surface area contributed by atoms with Gasteiger partial charge in [-0.1, -0.05) is 41.6 Å². The number of rotatable bonds is 10. The monoisotopic (exact) mass is 517 g/mol. The van der Waals surface area contributed by atoms with E-state index in [4.69, 9.17) is 14.2 Å². The van der Waals surface area contributed by atoms with Gasteiger partial charge in [0.25, 0.3) is 5.91 Å². The number of methoxy groups -OCH3 is 3. The van der Waals surface area contributed by atoms with E-state index in [1.54, 1.807) is 39.7 Å². The number of benzene rings is 3. The number of thioether (sulfide) groups is 1. The lowest BCUT2D eigenvalue weighted by Crippen LogP contribution is -2.20. The molecule has 0 saturated heterocycles. The Labute approximate surface area is 219 Å². The predicted octanol–water partition coefficient (Wildman–Crippen LogP) is 4.51. The normalized spacial score (nSPS) is 10.9. The van der Waals surface area contributed by atoms with Crippen molar-refractivity contribution in [3.8, 4) is 34.3 Å². The smallest absolute Gasteiger partial charge is 0.250 e. The summed E-state index contributed by atoms with van der Waals surface area (Å²) in [6, 6.07) is 21.0. The van der Waals surface area contributed by atoms with Crippen LogP contribution < -0.4 is 19.6 Å². The molecule has 0 aliphatic carbocycles. The average molecular weight is 518 g/mol. The van der Waals surface area contributed by atoms with Crippen LogP contribution in [-0.2, 0) is 4.79 Å². The van der Waals surface area contributed by atoms with Gasteiger partial charge in [0.1, 0.15) is 5.75 Å². The summed E-state index contributed by atoms with van der Waals surface area (Å²) in [5.74, 6) is 2.45. The first kappa shape index (κ1) is 25.8. The maximum absolute atomic E-state index is 12.5. The summed E-state index contributed by atoms with van der Waals surface area (Å²) in [7, 11) is 4.76. The Morgan fingerprint density at radius 1 is 0.946 bits per heavy atom. The lowest BCUT2D eigenvalue weighted by atomic mass is 10.1. The Morgan fingerprint density at radius 3 is 2.35 bits per heavy atom. The number of ether oxygens (including phenoxy) is 3. The summed E-state index contributed by atoms with van der Waals surface area (Å²) >= 11 is 1.27. The molecule has 0 saturated carbocycles. The largest absolute Gasteiger partial charge is 0.497 e. The van der Waals surface area contributed by atoms with Crippen molar-refractivity contribution >= 4 is 23.9 Å². The Hall–Kier alpha value is -4.31. The number of aryl methyl sites for hydroxylation is 1. The summed E-state index contributed by atoms with van der Waals surface area (Å²) in [4.78, 5) is 12.5. The van der Waals surface area contributed by atoms with E-state index in [-0.39, 0.29) is 11.7 Å². The first-order valence-electron chi connectivity index (χ1n) is 11.4. The number of carbonyl (C=O) groups excluding carboxylic acids is 1. The molecule has 0 bridgehead atoms. The van der Waals surface area contributed by atoms with Crippen LogP contribution in [0.5, 0.6) is 17.2 Å². The zero-order chi connectivity index (χ0) is 26.2. The number of hydrazone groups is 1. The van der Waals surface area contributed by atoms with Crippen LogP contribution in [-0.4, -0.2) is 54.0 Å². The van der Waals surface area contributed by atoms with E-state index in [0.29, 0.717) is 22.5 Å². The fourth-order valence-electron chi connectivity index (χ4n) is 3.49. The molecule has 10 heteroatoms. The maximum Gasteiger partial charge on any atom is 0.250 e. The van der Waals surface area contributed by atoms with E-state index in [1.165, 1.54) is 11.8 Å². The zero-order valence-electron chi connectivity index (χ0n) is 21.0. The van der Waals surface area contributed by atoms with Crippen molar-refractivity contribution in [2.75, 3.05) is 27.1 Å². The molecular weight excluding hydrogens is 490 g/mol. The van der Waals surface area contributed by atoms with Crippen molar-refractivity contribution in [1.82, 2.24) is 20.2 Å². The summed E-state index contributed by atoms with van der Waals surface area (Å²) in [5.41, 5.74) is 6.24. The van der Waals surface area contributed by atoms with Gasteiger partial charge in [-0.05, 0) is 55.0 Å². The molecule has 190 valence electrons. The van der Waals surface area contributed by atoms with Gasteiger partial charge in [0.15, 0.2) is 22.5 Å². The van der Waals surface area contributed by atoms with Gasteiger partial charge in [-0.2, -0.15) is 5.10 Å². The van der Waals surface area contributed by atoms with Crippen molar-refractivity contribution in [2.45, 2.75) is 12.1 Å². The highest BCUT2D eigenvalue weighted by atomic mass is 32.2. The predicted molar refractivity (Wildman–Crippen MR) is 144 cm³/mol. The minimum absolute atomic E-state index is 0.103. The molecule has 37 heavy (non-hydrogen) atoms. The van der Waals surface area contributed by atoms with Crippen molar-refractivity contribution in [3.05, 3.63) is 77.9 Å². The van der Waals surface area contributed by atoms with E-state index in [9.17, 15) is 4.79 Å². The van der Waals surface area contributed by atoms with Gasteiger partial charge in [-0.3, -0.25) is 9.36 Å². The standard InChI is InChI=1S/C27H27N5O4S/c1-18-5-8-20(9-6-18)26-30-31-27(32(26)21-10-12-22(34-2)13-11-21)37-17-25(33)29-28-16-19-7-14-23(35-3)24(15-19)36-4/h5-16H,17H2,1-4H3,(H,29,33)/b28-16+. The van der Waals surface area contributed by atoms with Gasteiger partial charge in [0.05, 0.1) is 33.3 Å². The Morgan fingerprint density at radius 2 is 1.68 bits per heavy atom. The molecule has 0 atom stereocenters. The Kier molecular flexibility index (Phi) is 8.42. The molecule has 0 unspecified atom stereocenters. The van der Waals surface area contributed by atoms with E-state index in [1.807, 2.05) is 66.1 Å². The van der Waals surface area contributed by atoms with Crippen molar-refractivity contribution in [2.24, 2.45) is 5.10 Å². The number of aromatic nitrogens is 3. The Balaban J connectivity index is 1.49. The summed E-state index contributed by atoms with van der Waals surface area (Å²) in [6.07, 6.45) is 1.54. The van der Waals surface area contributed by atoms with E-state index in [2.05, 4.69) is 20.7 Å². The summed E-state index contributed by atoms with van der Waals surface area (Å²) < 4.78 is 17.7. The second kappa shape index (κ2) is 12.1. The van der Waals surface area contributed by atoms with Gasteiger partial charge in [0.2, 0.25) is 0 Å². The number of nitrogens with one attached hydrogen (secondary N) is 1. The van der Waals surface area contributed by atoms with Crippen LogP contribution in [0, 0.1) is 6.92 Å². The molecule has 1 aromatic heterocycles. The second-order valence-corrected chi connectivity index (χ2v) is 8.84. The molecular formula is C27H27N5O4S. The minimum Gasteiger partial charge on any atom is -0.497 e. The van der Waals surface area contributed by atoms with Crippen LogP contribution in [0.1, 0.15) is 11.1 Å². The molecule has 9 nitrogen and oxygen atoms in total. The lowest BCUT2D eigenvalue weighted by molar-refractivity contribution is -0.118. The molecule has 0 spiro atoms. The fourth-order valence-corrected chi connectivity index (χ4v) is 4.24. The number of amides is 1. The molecule has 4 rings (SSSR count). The molecule has 0 radical (unpaired) electrons. The SMILES string of the molecule is COc1ccc(-n2c(SCC(=O)N/N=C/c3ccc(OC)c(OC)c3)nnc2-c2ccc(C)cc2)cc1. The zero-order valence-corrected chi connectivity index (χ0v) is 21.8. The van der Waals surface area contributed by atoms with Crippen molar-refractivity contribution < 1.29 is 19.0 Å². The molecule has 3 aromatic carbocycles. The van der Waals surface area contributed by atoms with E-state index < -0.39 is 0 Å². The summed E-state index contributed by atoms with van der Waals surface area (Å²) in [6.45, 7) is 2.03. The van der Waals surface area contributed by atoms with Crippen LogP contribution in [0.3, 0.4) is 0 Å². The van der Waals surface area contributed by atoms with Crippen molar-refractivity contribution in [1.29, 1.82) is 0 Å². The maximum atomic E-state index is 12.5. The fraction of sp³-hybridized carbons (Fsp3) is 0.185. The van der Waals surface area contributed by atoms with Crippen LogP contribution >= 0.6 is 11.8 Å². The number of nitrogens with zero attached hydrogens (tertiary/aromatic N) is 4. The van der Waals surface area contributed by atoms with Gasteiger partial charge in [-0.15, -0.1) is 10.2 Å². The van der Waals surface area contributed by atoms with Crippen LogP contribution in [0.4, 0.5) is 0 Å². The lowest BCUT2D eigenvalue weighted by Gasteiger charge is -2.11. The van der Waals surface area contributed by atoms with Crippen LogP contribution in [0.2, 0.25) is 0 Å². The third-order valence-corrected chi connectivity index (χ3v) is 6.35. The number of carbonyl (C=O) groups is 1. The molecule has 0 aliphatic heterocycles. The number of hydrogen-bond acceptors (Lipinski definition) is 8. The number of hydrogen-bond donors (Lipinski definition) is 1. The highest BCUT2D eigenvalue weighted by Crippen LogP contribution is 2.29. The minimum atomic E-state index is -0.275. The Bertz CT molecular complexity index is 1390. The molecule has 0 fully saturated rings. The summed E-state index contributed by atoms with van der Waals surface area (Å²) in [5, 5.41) is 13.4. The van der Waals surface area contributed by atoms with Crippen LogP contribution in [0.25, 0.3) is 17.1 Å². The third-order valence-electron chi connectivity index (χ3n) is 5.42. The van der Waals surface area contributed by atoms with Gasteiger partial charge in [0, 0.05) is 11.3 Å².